The van der Waals surface area contributed by atoms with Crippen molar-refractivity contribution in [3.63, 3.8) is 0 Å². The van der Waals surface area contributed by atoms with Crippen molar-refractivity contribution >= 4 is 35.1 Å². The summed E-state index contributed by atoms with van der Waals surface area (Å²) in [6, 6.07) is 8.78. The second kappa shape index (κ2) is 7.09. The number of rotatable bonds is 4. The van der Waals surface area contributed by atoms with Crippen LogP contribution in [0.2, 0.25) is 5.02 Å². The van der Waals surface area contributed by atoms with E-state index in [4.69, 9.17) is 11.6 Å². The van der Waals surface area contributed by atoms with Crippen LogP contribution in [0.3, 0.4) is 0 Å². The minimum atomic E-state index is 0.541. The Morgan fingerprint density at radius 2 is 1.94 bits per heavy atom. The molecule has 2 rings (SSSR count). The normalized spacial score (nSPS) is 25.9. The second-order valence-electron chi connectivity index (χ2n) is 4.64. The van der Waals surface area contributed by atoms with E-state index in [1.54, 1.807) is 0 Å². The quantitative estimate of drug-likeness (QED) is 0.910. The van der Waals surface area contributed by atoms with Gasteiger partial charge in [-0.05, 0) is 31.2 Å². The third-order valence-corrected chi connectivity index (χ3v) is 6.88. The van der Waals surface area contributed by atoms with Crippen molar-refractivity contribution in [3.8, 4) is 0 Å². The van der Waals surface area contributed by atoms with Gasteiger partial charge in [0.15, 0.2) is 0 Å². The second-order valence-corrected chi connectivity index (χ2v) is 7.84. The van der Waals surface area contributed by atoms with E-state index in [1.807, 2.05) is 12.1 Å². The summed E-state index contributed by atoms with van der Waals surface area (Å²) in [5.74, 6) is 2.57. The molecule has 1 heterocycles. The Bertz CT molecular complexity index is 369. The zero-order chi connectivity index (χ0) is 13.0. The first-order chi connectivity index (χ1) is 8.70. The van der Waals surface area contributed by atoms with Gasteiger partial charge in [-0.15, -0.1) is 0 Å². The molecule has 0 saturated carbocycles. The summed E-state index contributed by atoms with van der Waals surface area (Å²) in [5, 5.41) is 5.74. The highest BCUT2D eigenvalue weighted by atomic mass is 35.5. The first-order valence-electron chi connectivity index (χ1n) is 6.35. The van der Waals surface area contributed by atoms with Crippen molar-refractivity contribution in [2.24, 2.45) is 0 Å². The van der Waals surface area contributed by atoms with Crippen LogP contribution in [0.1, 0.15) is 12.5 Å². The monoisotopic (exact) mass is 301 g/mol. The zero-order valence-electron chi connectivity index (χ0n) is 10.9. The summed E-state index contributed by atoms with van der Waals surface area (Å²) in [4.78, 5) is 0. The van der Waals surface area contributed by atoms with Crippen LogP contribution in [0.4, 0.5) is 0 Å². The Labute approximate surface area is 123 Å². The lowest BCUT2D eigenvalue weighted by molar-refractivity contribution is 0.531. The van der Waals surface area contributed by atoms with Crippen LogP contribution in [0, 0.1) is 0 Å². The largest absolute Gasteiger partial charge is 0.316 e. The first-order valence-corrected chi connectivity index (χ1v) is 8.83. The van der Waals surface area contributed by atoms with Crippen molar-refractivity contribution in [3.05, 3.63) is 34.9 Å². The van der Waals surface area contributed by atoms with E-state index < -0.39 is 0 Å². The van der Waals surface area contributed by atoms with Crippen LogP contribution in [0.25, 0.3) is 0 Å². The molecule has 1 aliphatic heterocycles. The highest BCUT2D eigenvalue weighted by Crippen LogP contribution is 2.33. The molecule has 1 fully saturated rings. The van der Waals surface area contributed by atoms with E-state index in [1.165, 1.54) is 17.1 Å². The molecule has 0 aromatic heterocycles. The number of hydrogen-bond acceptors (Lipinski definition) is 3. The summed E-state index contributed by atoms with van der Waals surface area (Å²) in [5.41, 5.74) is 1.36. The van der Waals surface area contributed by atoms with Crippen molar-refractivity contribution in [2.45, 2.75) is 29.9 Å². The van der Waals surface area contributed by atoms with Gasteiger partial charge in [-0.3, -0.25) is 0 Å². The average Bonchev–Trinajstić information content (AvgIpc) is 2.39. The lowest BCUT2D eigenvalue weighted by Gasteiger charge is -2.34. The van der Waals surface area contributed by atoms with Crippen LogP contribution < -0.4 is 5.32 Å². The molecule has 1 nitrogen and oxygen atoms in total. The van der Waals surface area contributed by atoms with Gasteiger partial charge in [0.05, 0.1) is 0 Å². The summed E-state index contributed by atoms with van der Waals surface area (Å²) in [6.07, 6.45) is 1.08. The molecule has 1 N–H and O–H groups in total. The average molecular weight is 302 g/mol. The zero-order valence-corrected chi connectivity index (χ0v) is 13.2. The van der Waals surface area contributed by atoms with Crippen LogP contribution in [0.15, 0.2) is 24.3 Å². The Balaban J connectivity index is 2.02. The highest BCUT2D eigenvalue weighted by Gasteiger charge is 2.29. The van der Waals surface area contributed by atoms with Gasteiger partial charge in [-0.2, -0.15) is 23.5 Å². The summed E-state index contributed by atoms with van der Waals surface area (Å²) in [6.45, 7) is 2.35. The molecule has 3 unspecified atom stereocenters. The summed E-state index contributed by atoms with van der Waals surface area (Å²) in [7, 11) is 2.08. The van der Waals surface area contributed by atoms with Crippen molar-refractivity contribution in [2.75, 3.05) is 18.6 Å². The Hall–Kier alpha value is 0.170. The van der Waals surface area contributed by atoms with Crippen molar-refractivity contribution < 1.29 is 0 Å². The van der Waals surface area contributed by atoms with Gasteiger partial charge in [0.1, 0.15) is 0 Å². The van der Waals surface area contributed by atoms with Gasteiger partial charge in [-0.1, -0.05) is 30.7 Å². The fraction of sp³-hybridized carbons (Fsp3) is 0.571. The third-order valence-electron chi connectivity index (χ3n) is 3.37. The number of hydrogen-bond donors (Lipinski definition) is 1. The number of benzene rings is 1. The summed E-state index contributed by atoms with van der Waals surface area (Å²) >= 11 is 10.1. The molecular weight excluding hydrogens is 282 g/mol. The molecule has 1 saturated heterocycles. The van der Waals surface area contributed by atoms with Crippen LogP contribution >= 0.6 is 35.1 Å². The van der Waals surface area contributed by atoms with E-state index in [2.05, 4.69) is 54.9 Å². The fourth-order valence-corrected chi connectivity index (χ4v) is 5.47. The van der Waals surface area contributed by atoms with E-state index >= 15 is 0 Å². The van der Waals surface area contributed by atoms with Gasteiger partial charge < -0.3 is 5.32 Å². The number of nitrogens with one attached hydrogen (secondary N) is 1. The topological polar surface area (TPSA) is 12.0 Å². The van der Waals surface area contributed by atoms with Gasteiger partial charge in [0.25, 0.3) is 0 Å². The predicted octanol–water partition coefficient (Wildman–Crippen LogP) is 3.71. The van der Waals surface area contributed by atoms with E-state index in [9.17, 15) is 0 Å². The van der Waals surface area contributed by atoms with Crippen molar-refractivity contribution in [1.82, 2.24) is 5.32 Å². The fourth-order valence-electron chi connectivity index (χ4n) is 2.35. The SMILES string of the molecule is CNC(Cc1ccc(Cl)cc1)C1SCCSC1C. The maximum atomic E-state index is 5.93. The molecule has 3 atom stereocenters. The van der Waals surface area contributed by atoms with E-state index in [0.29, 0.717) is 11.3 Å². The van der Waals surface area contributed by atoms with Gasteiger partial charge >= 0.3 is 0 Å². The Morgan fingerprint density at radius 1 is 1.28 bits per heavy atom. The highest BCUT2D eigenvalue weighted by molar-refractivity contribution is 8.07. The Morgan fingerprint density at radius 3 is 2.56 bits per heavy atom. The minimum absolute atomic E-state index is 0.541. The molecule has 1 aromatic carbocycles. The number of thioether (sulfide) groups is 2. The smallest absolute Gasteiger partial charge is 0.0406 e. The standard InChI is InChI=1S/C14H20ClNS2/c1-10-14(18-8-7-17-10)13(16-2)9-11-3-5-12(15)6-4-11/h3-6,10,13-14,16H,7-9H2,1-2H3. The van der Waals surface area contributed by atoms with Gasteiger partial charge in [-0.25, -0.2) is 0 Å². The molecular formula is C14H20ClNS2. The molecule has 0 aliphatic carbocycles. The Kier molecular flexibility index (Phi) is 5.74. The molecule has 0 bridgehead atoms. The molecule has 1 aromatic rings. The molecule has 0 radical (unpaired) electrons. The minimum Gasteiger partial charge on any atom is -0.316 e. The third kappa shape index (κ3) is 3.83. The number of halogens is 1. The van der Waals surface area contributed by atoms with E-state index in [0.717, 1.165) is 16.7 Å². The van der Waals surface area contributed by atoms with Crippen molar-refractivity contribution in [1.29, 1.82) is 0 Å². The van der Waals surface area contributed by atoms with Gasteiger partial charge in [0, 0.05) is 33.1 Å². The molecule has 0 spiro atoms. The summed E-state index contributed by atoms with van der Waals surface area (Å²) < 4.78 is 0. The first kappa shape index (κ1) is 14.6. The maximum absolute atomic E-state index is 5.93. The molecule has 100 valence electrons. The van der Waals surface area contributed by atoms with Gasteiger partial charge in [0.2, 0.25) is 0 Å². The van der Waals surface area contributed by atoms with Crippen LogP contribution in [-0.2, 0) is 6.42 Å². The molecule has 0 amide bonds. The molecule has 4 heteroatoms. The molecule has 18 heavy (non-hydrogen) atoms. The van der Waals surface area contributed by atoms with Crippen LogP contribution in [0.5, 0.6) is 0 Å². The lowest BCUT2D eigenvalue weighted by Crippen LogP contribution is -2.44. The predicted molar refractivity (Wildman–Crippen MR) is 86.2 cm³/mol. The molecule has 1 aliphatic rings. The maximum Gasteiger partial charge on any atom is 0.0406 e. The lowest BCUT2D eigenvalue weighted by atomic mass is 10.0. The van der Waals surface area contributed by atoms with E-state index in [-0.39, 0.29) is 0 Å². The number of likely N-dealkylation sites (N-methyl/N-ethyl adjacent to an activating group) is 1. The van der Waals surface area contributed by atoms with Crippen LogP contribution in [-0.4, -0.2) is 35.1 Å².